The minimum Gasteiger partial charge on any atom is -0.0961 e. The van der Waals surface area contributed by atoms with E-state index in [9.17, 15) is 0 Å². The van der Waals surface area contributed by atoms with Crippen molar-refractivity contribution in [3.05, 3.63) is 143 Å². The molecule has 0 aliphatic heterocycles. The zero-order valence-electron chi connectivity index (χ0n) is 25.2. The lowest BCUT2D eigenvalue weighted by Gasteiger charge is -2.26. The van der Waals surface area contributed by atoms with Crippen molar-refractivity contribution >= 4 is 19.0 Å². The van der Waals surface area contributed by atoms with Crippen molar-refractivity contribution in [2.45, 2.75) is 72.5 Å². The van der Waals surface area contributed by atoms with Crippen LogP contribution in [0.3, 0.4) is 0 Å². The van der Waals surface area contributed by atoms with Crippen LogP contribution in [0.25, 0.3) is 11.1 Å². The average Bonchev–Trinajstić information content (AvgIpc) is 2.95. The van der Waals surface area contributed by atoms with Gasteiger partial charge in [0.2, 0.25) is 0 Å². The first kappa shape index (κ1) is 30.2. The zero-order chi connectivity index (χ0) is 28.4. The third kappa shape index (κ3) is 7.63. The molecule has 39 heavy (non-hydrogen) atoms. The second-order valence-corrected chi connectivity index (χ2v) is 11.1. The van der Waals surface area contributed by atoms with Crippen molar-refractivity contribution in [3.63, 3.8) is 0 Å². The van der Waals surface area contributed by atoms with Gasteiger partial charge in [0.25, 0.3) is 0 Å². The molecule has 3 rings (SSSR count). The average molecular weight is 515 g/mol. The van der Waals surface area contributed by atoms with Crippen LogP contribution in [0.1, 0.15) is 93.2 Å². The molecule has 0 radical (unpaired) electrons. The maximum Gasteiger partial charge on any atom is 0.101 e. The van der Waals surface area contributed by atoms with Crippen molar-refractivity contribution < 1.29 is 0 Å². The molecule has 0 nitrogen and oxygen atoms in total. The van der Waals surface area contributed by atoms with Gasteiger partial charge < -0.3 is 0 Å². The van der Waals surface area contributed by atoms with Crippen LogP contribution in [-0.4, -0.2) is 7.85 Å². The molecule has 0 saturated heterocycles. The molecule has 3 aromatic carbocycles. The topological polar surface area (TPSA) is 0 Å². The van der Waals surface area contributed by atoms with E-state index >= 15 is 0 Å². The highest BCUT2D eigenvalue weighted by Gasteiger charge is 2.23. The van der Waals surface area contributed by atoms with Gasteiger partial charge in [-0.1, -0.05) is 156 Å². The summed E-state index contributed by atoms with van der Waals surface area (Å²) in [6, 6.07) is 26.4. The van der Waals surface area contributed by atoms with E-state index in [-0.39, 0.29) is 0 Å². The van der Waals surface area contributed by atoms with Crippen molar-refractivity contribution in [3.8, 4) is 0 Å². The Balaban J connectivity index is 2.38. The van der Waals surface area contributed by atoms with Crippen LogP contribution in [0.4, 0.5) is 0 Å². The molecule has 0 saturated carbocycles. The Morgan fingerprint density at radius 1 is 0.795 bits per heavy atom. The molecular formula is C38H47B. The van der Waals surface area contributed by atoms with Gasteiger partial charge in [-0.3, -0.25) is 0 Å². The van der Waals surface area contributed by atoms with Gasteiger partial charge in [0.1, 0.15) is 7.85 Å². The smallest absolute Gasteiger partial charge is 0.0961 e. The van der Waals surface area contributed by atoms with Crippen LogP contribution in [0.5, 0.6) is 0 Å². The molecule has 0 aromatic heterocycles. The van der Waals surface area contributed by atoms with Gasteiger partial charge in [-0.25, -0.2) is 0 Å². The standard InChI is InChI=1S/C38H47B/c1-8-16-34-33(36(25-27(3)4)31-17-12-10-13-18-31)21-22-35(38(34)28(5)9-2)37(32-19-14-11-15-20-32)26-30(7)29(6)23-24-39/h10-15,17-22,25-26,28-29H,3,7-9,16,23-24,39H2,1-2,4-6H3/b36-25-,37-26-. The number of rotatable bonds is 13. The summed E-state index contributed by atoms with van der Waals surface area (Å²) in [7, 11) is 2.26. The number of hydrogen-bond donors (Lipinski definition) is 0. The van der Waals surface area contributed by atoms with E-state index < -0.39 is 0 Å². The molecule has 0 spiro atoms. The molecule has 0 bridgehead atoms. The van der Waals surface area contributed by atoms with Gasteiger partial charge in [-0.05, 0) is 76.1 Å². The Morgan fingerprint density at radius 2 is 1.33 bits per heavy atom. The largest absolute Gasteiger partial charge is 0.101 e. The normalized spacial score (nSPS) is 13.7. The quantitative estimate of drug-likeness (QED) is 0.157. The van der Waals surface area contributed by atoms with Crippen molar-refractivity contribution in [1.82, 2.24) is 0 Å². The van der Waals surface area contributed by atoms with Gasteiger partial charge in [0.05, 0.1) is 0 Å². The maximum atomic E-state index is 4.54. The zero-order valence-corrected chi connectivity index (χ0v) is 25.2. The molecule has 0 aliphatic rings. The lowest BCUT2D eigenvalue weighted by atomic mass is 9.78. The van der Waals surface area contributed by atoms with E-state index in [1.165, 1.54) is 56.4 Å². The Labute approximate surface area is 239 Å². The summed E-state index contributed by atoms with van der Waals surface area (Å²) < 4.78 is 0. The summed E-state index contributed by atoms with van der Waals surface area (Å²) in [6.07, 6.45) is 10.2. The Bertz CT molecular complexity index is 1310. The molecule has 1 heteroatoms. The molecule has 2 atom stereocenters. The second-order valence-electron chi connectivity index (χ2n) is 11.1. The summed E-state index contributed by atoms with van der Waals surface area (Å²) in [5.74, 6) is 0.884. The van der Waals surface area contributed by atoms with Crippen molar-refractivity contribution in [2.75, 3.05) is 0 Å². The Morgan fingerprint density at radius 3 is 1.82 bits per heavy atom. The summed E-state index contributed by atoms with van der Waals surface area (Å²) in [4.78, 5) is 0. The molecule has 0 amide bonds. The summed E-state index contributed by atoms with van der Waals surface area (Å²) in [6.45, 7) is 20.2. The van der Waals surface area contributed by atoms with Crippen LogP contribution in [0.2, 0.25) is 6.32 Å². The minimum absolute atomic E-state index is 0.428. The van der Waals surface area contributed by atoms with Crippen molar-refractivity contribution in [2.24, 2.45) is 5.92 Å². The van der Waals surface area contributed by atoms with Crippen LogP contribution in [-0.2, 0) is 6.42 Å². The number of hydrogen-bond acceptors (Lipinski definition) is 0. The van der Waals surface area contributed by atoms with E-state index in [1.54, 1.807) is 0 Å². The highest BCUT2D eigenvalue weighted by Crippen LogP contribution is 2.40. The Kier molecular flexibility index (Phi) is 11.4. The highest BCUT2D eigenvalue weighted by atomic mass is 14.3. The van der Waals surface area contributed by atoms with E-state index in [0.29, 0.717) is 11.8 Å². The molecular weight excluding hydrogens is 467 g/mol. The third-order valence-electron chi connectivity index (χ3n) is 7.79. The first-order valence-electron chi connectivity index (χ1n) is 14.9. The molecule has 0 N–H and O–H groups in total. The molecule has 2 unspecified atom stereocenters. The van der Waals surface area contributed by atoms with E-state index in [0.717, 1.165) is 31.3 Å². The van der Waals surface area contributed by atoms with E-state index in [2.05, 4.69) is 141 Å². The number of allylic oxidation sites excluding steroid dienone is 4. The fourth-order valence-electron chi connectivity index (χ4n) is 5.50. The van der Waals surface area contributed by atoms with Gasteiger partial charge in [-0.15, -0.1) is 0 Å². The molecule has 202 valence electrons. The van der Waals surface area contributed by atoms with Gasteiger partial charge in [-0.2, -0.15) is 0 Å². The SMILES string of the molecule is BCCC(C)C(=C)/C=C(/c1ccccc1)c1ccc(/C(=C\C(=C)C)c2ccccc2)c(CCC)c1C(C)CC. The maximum absolute atomic E-state index is 4.54. The first-order chi connectivity index (χ1) is 18.8. The van der Waals surface area contributed by atoms with Gasteiger partial charge >= 0.3 is 0 Å². The van der Waals surface area contributed by atoms with E-state index in [4.69, 9.17) is 0 Å². The predicted octanol–water partition coefficient (Wildman–Crippen LogP) is 10.2. The lowest BCUT2D eigenvalue weighted by molar-refractivity contribution is 0.672. The monoisotopic (exact) mass is 514 g/mol. The van der Waals surface area contributed by atoms with Crippen LogP contribution >= 0.6 is 0 Å². The first-order valence-corrected chi connectivity index (χ1v) is 14.9. The van der Waals surface area contributed by atoms with E-state index in [1.807, 2.05) is 0 Å². The number of benzene rings is 3. The van der Waals surface area contributed by atoms with Crippen LogP contribution in [0.15, 0.2) is 109 Å². The Hall–Kier alpha value is -3.32. The van der Waals surface area contributed by atoms with Crippen molar-refractivity contribution in [1.29, 1.82) is 0 Å². The fraction of sp³-hybridized carbons (Fsp3) is 0.316. The summed E-state index contributed by atoms with van der Waals surface area (Å²) >= 11 is 0. The molecule has 0 heterocycles. The van der Waals surface area contributed by atoms with Crippen LogP contribution in [0, 0.1) is 5.92 Å². The second kappa shape index (κ2) is 14.7. The summed E-state index contributed by atoms with van der Waals surface area (Å²) in [5, 5.41) is 0. The van der Waals surface area contributed by atoms with Crippen LogP contribution < -0.4 is 0 Å². The molecule has 3 aromatic rings. The van der Waals surface area contributed by atoms with Gasteiger partial charge in [0.15, 0.2) is 0 Å². The lowest BCUT2D eigenvalue weighted by Crippen LogP contribution is -2.09. The molecule has 0 aliphatic carbocycles. The summed E-state index contributed by atoms with van der Waals surface area (Å²) in [5.41, 5.74) is 12.9. The van der Waals surface area contributed by atoms with Gasteiger partial charge in [0, 0.05) is 0 Å². The predicted molar refractivity (Wildman–Crippen MR) is 177 cm³/mol. The minimum atomic E-state index is 0.428. The third-order valence-corrected chi connectivity index (χ3v) is 7.79. The fourth-order valence-corrected chi connectivity index (χ4v) is 5.50. The highest BCUT2D eigenvalue weighted by molar-refractivity contribution is 6.08. The molecule has 0 fully saturated rings.